The highest BCUT2D eigenvalue weighted by molar-refractivity contribution is 5.85. The third-order valence-electron chi connectivity index (χ3n) is 2.29. The molecule has 0 atom stereocenters. The first-order valence-electron chi connectivity index (χ1n) is 4.15. The molecule has 0 aromatic heterocycles. The van der Waals surface area contributed by atoms with Gasteiger partial charge in [0.15, 0.2) is 0 Å². The number of hydrogen-bond donors (Lipinski definition) is 1. The molecule has 0 amide bonds. The van der Waals surface area contributed by atoms with Gasteiger partial charge < -0.3 is 5.73 Å². The maximum atomic E-state index is 11.1. The van der Waals surface area contributed by atoms with Crippen molar-refractivity contribution in [3.63, 3.8) is 0 Å². The third kappa shape index (κ3) is 2.01. The Hall–Kier alpha value is -1.02. The van der Waals surface area contributed by atoms with Gasteiger partial charge in [0.05, 0.1) is 0 Å². The lowest BCUT2D eigenvalue weighted by Crippen LogP contribution is -2.13. The number of Topliss-reactive ketones (excluding diaryl/α,β-unsaturated/α-hetero) is 1. The van der Waals surface area contributed by atoms with Gasteiger partial charge in [0.25, 0.3) is 0 Å². The maximum Gasteiger partial charge on any atom is 0.137 e. The number of rotatable bonds is 0. The highest BCUT2D eigenvalue weighted by Gasteiger charge is 2.14. The fourth-order valence-corrected chi connectivity index (χ4v) is 1.63. The van der Waals surface area contributed by atoms with Crippen molar-refractivity contribution < 1.29 is 4.79 Å². The molecule has 1 aromatic carbocycles. The Morgan fingerprint density at radius 2 is 1.92 bits per heavy atom. The van der Waals surface area contributed by atoms with E-state index in [1.165, 1.54) is 5.56 Å². The van der Waals surface area contributed by atoms with Crippen LogP contribution in [0.15, 0.2) is 18.2 Å². The predicted octanol–water partition coefficient (Wildman–Crippen LogP) is 1.75. The van der Waals surface area contributed by atoms with Crippen LogP contribution in [0.25, 0.3) is 0 Å². The second-order valence-corrected chi connectivity index (χ2v) is 3.24. The number of carbonyl (C=O) groups excluding carboxylic acids is 1. The summed E-state index contributed by atoms with van der Waals surface area (Å²) in [5.41, 5.74) is 8.82. The molecule has 1 aliphatic rings. The van der Waals surface area contributed by atoms with Crippen LogP contribution in [0.5, 0.6) is 0 Å². The summed E-state index contributed by atoms with van der Waals surface area (Å²) >= 11 is 0. The Morgan fingerprint density at radius 3 is 2.69 bits per heavy atom. The first kappa shape index (κ1) is 10.1. The number of anilines is 1. The van der Waals surface area contributed by atoms with Crippen molar-refractivity contribution in [2.75, 3.05) is 5.73 Å². The number of fused-ring (bicyclic) bond motifs is 1. The molecule has 0 radical (unpaired) electrons. The SMILES string of the molecule is Cl.Nc1ccc2c(c1)CCC(=O)C2. The molecule has 1 aliphatic carbocycles. The Kier molecular flexibility index (Phi) is 2.94. The number of ketones is 1. The smallest absolute Gasteiger partial charge is 0.137 e. The van der Waals surface area contributed by atoms with Crippen molar-refractivity contribution in [3.8, 4) is 0 Å². The number of aryl methyl sites for hydroxylation is 1. The molecule has 0 spiro atoms. The molecular weight excluding hydrogens is 186 g/mol. The van der Waals surface area contributed by atoms with Gasteiger partial charge in [-0.15, -0.1) is 12.4 Å². The molecule has 70 valence electrons. The van der Waals surface area contributed by atoms with Crippen molar-refractivity contribution in [2.24, 2.45) is 0 Å². The van der Waals surface area contributed by atoms with Gasteiger partial charge in [0.2, 0.25) is 0 Å². The Labute approximate surface area is 83.5 Å². The third-order valence-corrected chi connectivity index (χ3v) is 2.29. The van der Waals surface area contributed by atoms with E-state index in [-0.39, 0.29) is 12.4 Å². The fraction of sp³-hybridized carbons (Fsp3) is 0.300. The molecule has 1 aromatic rings. The number of nitrogen functional groups attached to an aromatic ring is 1. The average Bonchev–Trinajstić information content (AvgIpc) is 2.05. The highest BCUT2D eigenvalue weighted by Crippen LogP contribution is 2.21. The van der Waals surface area contributed by atoms with Crippen LogP contribution in [0.4, 0.5) is 5.69 Å². The van der Waals surface area contributed by atoms with Crippen molar-refractivity contribution in [1.82, 2.24) is 0 Å². The summed E-state index contributed by atoms with van der Waals surface area (Å²) in [6.45, 7) is 0. The second kappa shape index (κ2) is 3.79. The van der Waals surface area contributed by atoms with Crippen molar-refractivity contribution in [2.45, 2.75) is 19.3 Å². The maximum absolute atomic E-state index is 11.1. The molecule has 3 heteroatoms. The molecule has 0 saturated heterocycles. The quantitative estimate of drug-likeness (QED) is 0.644. The molecule has 2 N–H and O–H groups in total. The summed E-state index contributed by atoms with van der Waals surface area (Å²) in [4.78, 5) is 11.1. The van der Waals surface area contributed by atoms with E-state index in [9.17, 15) is 4.79 Å². The first-order valence-corrected chi connectivity index (χ1v) is 4.15. The van der Waals surface area contributed by atoms with Crippen LogP contribution < -0.4 is 5.73 Å². The molecule has 0 saturated carbocycles. The number of benzene rings is 1. The van der Waals surface area contributed by atoms with Gasteiger partial charge in [-0.1, -0.05) is 6.07 Å². The Morgan fingerprint density at radius 1 is 1.15 bits per heavy atom. The lowest BCUT2D eigenvalue weighted by Gasteiger charge is -2.14. The van der Waals surface area contributed by atoms with Gasteiger partial charge in [-0.2, -0.15) is 0 Å². The molecular formula is C10H12ClNO. The van der Waals surface area contributed by atoms with Crippen LogP contribution in [0.3, 0.4) is 0 Å². The lowest BCUT2D eigenvalue weighted by molar-refractivity contribution is -0.118. The van der Waals surface area contributed by atoms with Gasteiger partial charge in [-0.05, 0) is 29.7 Å². The zero-order valence-corrected chi connectivity index (χ0v) is 8.06. The van der Waals surface area contributed by atoms with E-state index in [0.717, 1.165) is 17.7 Å². The second-order valence-electron chi connectivity index (χ2n) is 3.24. The number of hydrogen-bond acceptors (Lipinski definition) is 2. The largest absolute Gasteiger partial charge is 0.399 e. The number of carbonyl (C=O) groups is 1. The molecule has 0 heterocycles. The fourth-order valence-electron chi connectivity index (χ4n) is 1.63. The molecule has 0 fully saturated rings. The van der Waals surface area contributed by atoms with Crippen LogP contribution in [-0.2, 0) is 17.6 Å². The van der Waals surface area contributed by atoms with Crippen LogP contribution in [0, 0.1) is 0 Å². The molecule has 0 bridgehead atoms. The Bertz CT molecular complexity index is 336. The van der Waals surface area contributed by atoms with Gasteiger partial charge in [0, 0.05) is 18.5 Å². The lowest BCUT2D eigenvalue weighted by atomic mass is 9.91. The number of nitrogens with two attached hydrogens (primary N) is 1. The summed E-state index contributed by atoms with van der Waals surface area (Å²) in [6.07, 6.45) is 2.13. The average molecular weight is 198 g/mol. The minimum absolute atomic E-state index is 0. The zero-order chi connectivity index (χ0) is 8.55. The van der Waals surface area contributed by atoms with Crippen LogP contribution in [-0.4, -0.2) is 5.78 Å². The summed E-state index contributed by atoms with van der Waals surface area (Å²) in [5, 5.41) is 0. The zero-order valence-electron chi connectivity index (χ0n) is 7.25. The van der Waals surface area contributed by atoms with Gasteiger partial charge >= 0.3 is 0 Å². The molecule has 2 nitrogen and oxygen atoms in total. The van der Waals surface area contributed by atoms with E-state index in [1.54, 1.807) is 0 Å². The van der Waals surface area contributed by atoms with Gasteiger partial charge in [-0.25, -0.2) is 0 Å². The molecule has 13 heavy (non-hydrogen) atoms. The minimum atomic E-state index is 0. The van der Waals surface area contributed by atoms with E-state index >= 15 is 0 Å². The normalized spacial score (nSPS) is 14.6. The van der Waals surface area contributed by atoms with Crippen LogP contribution in [0.1, 0.15) is 17.5 Å². The van der Waals surface area contributed by atoms with E-state index in [2.05, 4.69) is 0 Å². The monoisotopic (exact) mass is 197 g/mol. The standard InChI is InChI=1S/C10H11NO.ClH/c11-9-3-1-8-6-10(12)4-2-7(8)5-9;/h1,3,5H,2,4,6,11H2;1H. The number of halogens is 1. The summed E-state index contributed by atoms with van der Waals surface area (Å²) < 4.78 is 0. The van der Waals surface area contributed by atoms with Crippen molar-refractivity contribution >= 4 is 23.9 Å². The molecule has 0 aliphatic heterocycles. The van der Waals surface area contributed by atoms with E-state index in [4.69, 9.17) is 5.73 Å². The van der Waals surface area contributed by atoms with E-state index in [1.807, 2.05) is 18.2 Å². The minimum Gasteiger partial charge on any atom is -0.399 e. The summed E-state index contributed by atoms with van der Waals surface area (Å²) in [7, 11) is 0. The van der Waals surface area contributed by atoms with Crippen molar-refractivity contribution in [1.29, 1.82) is 0 Å². The van der Waals surface area contributed by atoms with Crippen LogP contribution >= 0.6 is 12.4 Å². The van der Waals surface area contributed by atoms with E-state index < -0.39 is 0 Å². The topological polar surface area (TPSA) is 43.1 Å². The summed E-state index contributed by atoms with van der Waals surface area (Å²) in [5.74, 6) is 0.340. The van der Waals surface area contributed by atoms with Gasteiger partial charge in [0.1, 0.15) is 5.78 Å². The molecule has 0 unspecified atom stereocenters. The highest BCUT2D eigenvalue weighted by atomic mass is 35.5. The molecule has 2 rings (SSSR count). The van der Waals surface area contributed by atoms with Gasteiger partial charge in [-0.3, -0.25) is 4.79 Å². The summed E-state index contributed by atoms with van der Waals surface area (Å²) in [6, 6.07) is 5.79. The Balaban J connectivity index is 0.000000845. The first-order chi connectivity index (χ1) is 5.75. The van der Waals surface area contributed by atoms with Crippen molar-refractivity contribution in [3.05, 3.63) is 29.3 Å². The van der Waals surface area contributed by atoms with Crippen LogP contribution in [0.2, 0.25) is 0 Å². The van der Waals surface area contributed by atoms with E-state index in [0.29, 0.717) is 18.6 Å². The predicted molar refractivity (Wildman–Crippen MR) is 55.1 cm³/mol.